The average Bonchev–Trinajstić information content (AvgIpc) is 3.51. The van der Waals surface area contributed by atoms with Crippen LogP contribution < -0.4 is 14.8 Å². The molecule has 9 nitrogen and oxygen atoms in total. The first-order chi connectivity index (χ1) is 18.3. The molecule has 2 amide bonds. The van der Waals surface area contributed by atoms with E-state index in [1.54, 1.807) is 4.57 Å². The zero-order valence-corrected chi connectivity index (χ0v) is 22.9. The molecular weight excluding hydrogens is 524 g/mol. The highest BCUT2D eigenvalue weighted by Gasteiger charge is 2.25. The van der Waals surface area contributed by atoms with Gasteiger partial charge in [-0.1, -0.05) is 67.9 Å². The number of nitrogens with one attached hydrogen (secondary N) is 2. The fourth-order valence-corrected chi connectivity index (χ4v) is 6.86. The van der Waals surface area contributed by atoms with E-state index in [-0.39, 0.29) is 10.1 Å². The molecular formula is C27H28N4O5S2. The summed E-state index contributed by atoms with van der Waals surface area (Å²) in [5, 5.41) is 2.28. The van der Waals surface area contributed by atoms with Crippen molar-refractivity contribution in [3.63, 3.8) is 0 Å². The lowest BCUT2D eigenvalue weighted by Gasteiger charge is -2.11. The lowest BCUT2D eigenvalue weighted by atomic mass is 10.1. The predicted octanol–water partition coefficient (Wildman–Crippen LogP) is 4.72. The van der Waals surface area contributed by atoms with Gasteiger partial charge in [-0.2, -0.15) is 4.98 Å². The van der Waals surface area contributed by atoms with E-state index in [0.717, 1.165) is 46.5 Å². The van der Waals surface area contributed by atoms with Crippen molar-refractivity contribution in [1.29, 1.82) is 0 Å². The largest absolute Gasteiger partial charge is 0.479 e. The van der Waals surface area contributed by atoms with Crippen molar-refractivity contribution in [3.8, 4) is 28.4 Å². The maximum Gasteiger partial charge on any atom is 0.328 e. The summed E-state index contributed by atoms with van der Waals surface area (Å²) >= 11 is 1.16. The molecule has 4 aromatic rings. The van der Waals surface area contributed by atoms with Crippen LogP contribution in [0.3, 0.4) is 0 Å². The number of urea groups is 1. The van der Waals surface area contributed by atoms with Gasteiger partial charge in [-0.15, -0.1) is 11.3 Å². The van der Waals surface area contributed by atoms with Crippen molar-refractivity contribution in [1.82, 2.24) is 19.6 Å². The summed E-state index contributed by atoms with van der Waals surface area (Å²) in [4.78, 5) is 29.1. The Morgan fingerprint density at radius 1 is 1.11 bits per heavy atom. The third kappa shape index (κ3) is 5.63. The molecule has 0 saturated heterocycles. The second-order valence-corrected chi connectivity index (χ2v) is 11.5. The van der Waals surface area contributed by atoms with Crippen LogP contribution in [0, 0.1) is 0 Å². The van der Waals surface area contributed by atoms with Crippen LogP contribution >= 0.6 is 11.3 Å². The number of ether oxygens (including phenoxy) is 1. The molecule has 2 aromatic carbocycles. The van der Waals surface area contributed by atoms with Gasteiger partial charge >= 0.3 is 6.03 Å². The van der Waals surface area contributed by atoms with Gasteiger partial charge in [0.1, 0.15) is 15.7 Å². The number of imidazole rings is 1. The number of thiophene rings is 1. The number of benzene rings is 2. The van der Waals surface area contributed by atoms with E-state index in [4.69, 9.17) is 4.74 Å². The molecule has 38 heavy (non-hydrogen) atoms. The number of carbonyl (C=O) groups excluding carboxylic acids is 2. The number of amides is 2. The van der Waals surface area contributed by atoms with Crippen molar-refractivity contribution in [2.75, 3.05) is 14.2 Å². The molecule has 0 unspecified atom stereocenters. The first kappa shape index (κ1) is 27.1. The highest BCUT2D eigenvalue weighted by atomic mass is 32.2. The number of carbonyl (C=O) groups is 2. The Balaban J connectivity index is 1.71. The molecule has 0 atom stereocenters. The fourth-order valence-electron chi connectivity index (χ4n) is 4.06. The molecule has 2 aromatic heterocycles. The number of sulfonamides is 1. The number of hydrogen-bond acceptors (Lipinski definition) is 7. The summed E-state index contributed by atoms with van der Waals surface area (Å²) in [6.45, 7) is 2.37. The van der Waals surface area contributed by atoms with Crippen LogP contribution in [0.15, 0.2) is 64.9 Å². The Morgan fingerprint density at radius 3 is 2.42 bits per heavy atom. The molecule has 0 radical (unpaired) electrons. The van der Waals surface area contributed by atoms with Crippen LogP contribution in [-0.4, -0.2) is 44.4 Å². The van der Waals surface area contributed by atoms with Crippen LogP contribution in [-0.2, 0) is 23.0 Å². The monoisotopic (exact) mass is 552 g/mol. The smallest absolute Gasteiger partial charge is 0.328 e. The number of aromatic nitrogens is 2. The number of methoxy groups -OCH3 is 1. The molecule has 0 saturated carbocycles. The molecule has 0 fully saturated rings. The molecule has 0 spiro atoms. The third-order valence-electron chi connectivity index (χ3n) is 5.86. The van der Waals surface area contributed by atoms with E-state index in [9.17, 15) is 18.0 Å². The van der Waals surface area contributed by atoms with Crippen LogP contribution in [0.25, 0.3) is 22.5 Å². The van der Waals surface area contributed by atoms with Crippen molar-refractivity contribution in [2.45, 2.75) is 30.5 Å². The van der Waals surface area contributed by atoms with Gasteiger partial charge in [0.15, 0.2) is 6.29 Å². The first-order valence-electron chi connectivity index (χ1n) is 11.9. The zero-order chi connectivity index (χ0) is 27.3. The second-order valence-electron chi connectivity index (χ2n) is 8.45. The Labute approximate surface area is 225 Å². The molecule has 198 valence electrons. The number of aldehydes is 1. The van der Waals surface area contributed by atoms with Crippen molar-refractivity contribution < 1.29 is 22.7 Å². The summed E-state index contributed by atoms with van der Waals surface area (Å²) in [7, 11) is -1.23. The van der Waals surface area contributed by atoms with E-state index < -0.39 is 16.1 Å². The summed E-state index contributed by atoms with van der Waals surface area (Å²) in [5.74, 6) is 0.847. The maximum absolute atomic E-state index is 13.0. The van der Waals surface area contributed by atoms with E-state index in [0.29, 0.717) is 29.2 Å². The fraction of sp³-hybridized carbons (Fsp3) is 0.222. The molecule has 0 aliphatic carbocycles. The minimum absolute atomic E-state index is 0.0891. The minimum atomic E-state index is -4.06. The molecule has 2 heterocycles. The average molecular weight is 553 g/mol. The molecule has 0 aliphatic heterocycles. The minimum Gasteiger partial charge on any atom is -0.479 e. The maximum atomic E-state index is 13.0. The van der Waals surface area contributed by atoms with E-state index in [1.165, 1.54) is 14.2 Å². The summed E-state index contributed by atoms with van der Waals surface area (Å²) in [6, 6.07) is 18.0. The summed E-state index contributed by atoms with van der Waals surface area (Å²) in [6.07, 6.45) is 2.31. The topological polar surface area (TPSA) is 119 Å². The van der Waals surface area contributed by atoms with E-state index in [2.05, 4.69) is 15.0 Å². The van der Waals surface area contributed by atoms with Crippen LogP contribution in [0.4, 0.5) is 4.79 Å². The van der Waals surface area contributed by atoms with Gasteiger partial charge in [0, 0.05) is 29.6 Å². The second kappa shape index (κ2) is 11.6. The Hall–Kier alpha value is -3.96. The van der Waals surface area contributed by atoms with Crippen LogP contribution in [0.1, 0.15) is 34.3 Å². The van der Waals surface area contributed by atoms with Crippen molar-refractivity contribution >= 4 is 33.7 Å². The number of rotatable bonds is 10. The van der Waals surface area contributed by atoms with Crippen LogP contribution in [0.2, 0.25) is 0 Å². The molecule has 2 N–H and O–H groups in total. The van der Waals surface area contributed by atoms with Gasteiger partial charge in [0.2, 0.25) is 5.88 Å². The van der Waals surface area contributed by atoms with Crippen LogP contribution in [0.5, 0.6) is 5.88 Å². The number of nitrogens with zero attached hydrogens (tertiary/aromatic N) is 2. The SMILES string of the molecule is CCCc1cc(-c2ccc(Cn3c(-c4ccccc4)nc(OC)c3C=O)cc2)c(S(=O)(=O)NC(=O)NC)s1. The van der Waals surface area contributed by atoms with E-state index >= 15 is 0 Å². The number of hydrogen-bond donors (Lipinski definition) is 2. The standard InChI is InChI=1S/C27H28N4O5S2/c1-4-8-21-15-22(26(37-21)38(34,35)30-27(33)28-2)19-13-11-18(12-14-19)16-31-23(17-32)25(36-3)29-24(31)20-9-6-5-7-10-20/h5-7,9-15,17H,4,8,16H2,1-3H3,(H2,28,30,33). The highest BCUT2D eigenvalue weighted by molar-refractivity contribution is 7.92. The van der Waals surface area contributed by atoms with Gasteiger partial charge in [-0.25, -0.2) is 17.9 Å². The molecule has 11 heteroatoms. The summed E-state index contributed by atoms with van der Waals surface area (Å²) < 4.78 is 35.2. The van der Waals surface area contributed by atoms with Gasteiger partial charge < -0.3 is 14.6 Å². The first-order valence-corrected chi connectivity index (χ1v) is 14.2. The Bertz CT molecular complexity index is 1540. The molecule has 4 rings (SSSR count). The van der Waals surface area contributed by atoms with Crippen molar-refractivity contribution in [2.24, 2.45) is 0 Å². The molecule has 0 bridgehead atoms. The van der Waals surface area contributed by atoms with Crippen molar-refractivity contribution in [3.05, 3.63) is 76.8 Å². The lowest BCUT2D eigenvalue weighted by molar-refractivity contribution is 0.111. The predicted molar refractivity (Wildman–Crippen MR) is 147 cm³/mol. The van der Waals surface area contributed by atoms with E-state index in [1.807, 2.05) is 67.6 Å². The summed E-state index contributed by atoms with van der Waals surface area (Å²) in [5.41, 5.74) is 3.28. The third-order valence-corrected chi connectivity index (χ3v) is 8.92. The Morgan fingerprint density at radius 2 is 1.82 bits per heavy atom. The quantitative estimate of drug-likeness (QED) is 0.275. The van der Waals surface area contributed by atoms with Gasteiger partial charge in [0.25, 0.3) is 10.0 Å². The lowest BCUT2D eigenvalue weighted by Crippen LogP contribution is -2.37. The van der Waals surface area contributed by atoms with Gasteiger partial charge in [-0.05, 0) is 23.6 Å². The van der Waals surface area contributed by atoms with Gasteiger partial charge in [0.05, 0.1) is 7.11 Å². The zero-order valence-electron chi connectivity index (χ0n) is 21.2. The normalized spacial score (nSPS) is 11.2. The Kier molecular flexibility index (Phi) is 8.28. The highest BCUT2D eigenvalue weighted by Crippen LogP contribution is 2.36. The molecule has 0 aliphatic rings. The number of aryl methyl sites for hydroxylation is 1. The van der Waals surface area contributed by atoms with Gasteiger partial charge in [-0.3, -0.25) is 4.79 Å².